The molecule has 1 aromatic heterocycles. The summed E-state index contributed by atoms with van der Waals surface area (Å²) >= 11 is 0. The van der Waals surface area contributed by atoms with Crippen LogP contribution in [0.25, 0.3) is 0 Å². The van der Waals surface area contributed by atoms with Crippen LogP contribution in [0.15, 0.2) is 0 Å². The smallest absolute Gasteiger partial charge is 0.0828 e. The van der Waals surface area contributed by atoms with E-state index < -0.39 is 0 Å². The van der Waals surface area contributed by atoms with E-state index in [4.69, 9.17) is 5.10 Å². The summed E-state index contributed by atoms with van der Waals surface area (Å²) in [7, 11) is 0. The average molecular weight is 233 g/mol. The molecular formula is C14H23N3. The van der Waals surface area contributed by atoms with Gasteiger partial charge in [0, 0.05) is 11.7 Å². The molecule has 3 heteroatoms. The van der Waals surface area contributed by atoms with Crippen LogP contribution in [0.5, 0.6) is 0 Å². The van der Waals surface area contributed by atoms with Crippen molar-refractivity contribution in [1.29, 1.82) is 0 Å². The van der Waals surface area contributed by atoms with Crippen molar-refractivity contribution in [2.24, 2.45) is 0 Å². The zero-order valence-electron chi connectivity index (χ0n) is 11.0. The Labute approximate surface area is 104 Å². The number of hydrogen-bond acceptors (Lipinski definition) is 2. The molecule has 1 saturated heterocycles. The van der Waals surface area contributed by atoms with E-state index in [1.807, 2.05) is 0 Å². The highest BCUT2D eigenvalue weighted by molar-refractivity contribution is 5.33. The summed E-state index contributed by atoms with van der Waals surface area (Å²) in [5, 5.41) is 8.55. The number of nitrogens with one attached hydrogen (secondary N) is 1. The second-order valence-corrected chi connectivity index (χ2v) is 5.70. The van der Waals surface area contributed by atoms with E-state index in [0.29, 0.717) is 12.1 Å². The Morgan fingerprint density at radius 1 is 1.24 bits per heavy atom. The van der Waals surface area contributed by atoms with Gasteiger partial charge in [-0.05, 0) is 58.1 Å². The van der Waals surface area contributed by atoms with Gasteiger partial charge in [0.2, 0.25) is 0 Å². The van der Waals surface area contributed by atoms with Crippen LogP contribution in [0.1, 0.15) is 68.6 Å². The van der Waals surface area contributed by atoms with Crippen LogP contribution in [0, 0.1) is 0 Å². The molecule has 3 nitrogen and oxygen atoms in total. The maximum Gasteiger partial charge on any atom is 0.0828 e. The molecule has 2 aliphatic rings. The minimum Gasteiger partial charge on any atom is -0.309 e. The molecule has 0 radical (unpaired) electrons. The minimum atomic E-state index is 0.499. The van der Waals surface area contributed by atoms with Crippen molar-refractivity contribution in [3.8, 4) is 0 Å². The van der Waals surface area contributed by atoms with Crippen LogP contribution < -0.4 is 5.32 Å². The summed E-state index contributed by atoms with van der Waals surface area (Å²) in [4.78, 5) is 0. The second kappa shape index (κ2) is 4.45. The number of aromatic nitrogens is 2. The molecule has 1 aliphatic heterocycles. The molecule has 1 atom stereocenters. The zero-order chi connectivity index (χ0) is 11.8. The highest BCUT2D eigenvalue weighted by atomic mass is 15.3. The Morgan fingerprint density at radius 3 is 2.82 bits per heavy atom. The zero-order valence-corrected chi connectivity index (χ0v) is 11.0. The lowest BCUT2D eigenvalue weighted by Gasteiger charge is -2.22. The van der Waals surface area contributed by atoms with Crippen molar-refractivity contribution >= 4 is 0 Å². The molecule has 0 spiro atoms. The van der Waals surface area contributed by atoms with E-state index in [1.165, 1.54) is 49.9 Å². The van der Waals surface area contributed by atoms with E-state index in [9.17, 15) is 0 Å². The normalized spacial score (nSPS) is 24.3. The quantitative estimate of drug-likeness (QED) is 0.851. The summed E-state index contributed by atoms with van der Waals surface area (Å²) in [5.41, 5.74) is 4.45. The first-order valence-corrected chi connectivity index (χ1v) is 7.11. The second-order valence-electron chi connectivity index (χ2n) is 5.70. The molecule has 94 valence electrons. The van der Waals surface area contributed by atoms with Gasteiger partial charge >= 0.3 is 0 Å². The SMILES string of the molecule is CC(C)n1nc(C2CCCCN2)c2c1CCC2. The molecule has 0 amide bonds. The van der Waals surface area contributed by atoms with Crippen molar-refractivity contribution in [3.63, 3.8) is 0 Å². The summed E-state index contributed by atoms with van der Waals surface area (Å²) < 4.78 is 2.27. The fraction of sp³-hybridized carbons (Fsp3) is 0.786. The van der Waals surface area contributed by atoms with Crippen LogP contribution in [-0.2, 0) is 12.8 Å². The number of fused-ring (bicyclic) bond motifs is 1. The number of piperidine rings is 1. The highest BCUT2D eigenvalue weighted by Gasteiger charge is 2.28. The third kappa shape index (κ3) is 1.90. The van der Waals surface area contributed by atoms with Gasteiger partial charge in [-0.25, -0.2) is 0 Å². The molecule has 0 aromatic carbocycles. The van der Waals surface area contributed by atoms with Gasteiger partial charge in [0.05, 0.1) is 11.7 Å². The average Bonchev–Trinajstić information content (AvgIpc) is 2.90. The van der Waals surface area contributed by atoms with E-state index in [2.05, 4.69) is 23.8 Å². The Balaban J connectivity index is 1.96. The lowest BCUT2D eigenvalue weighted by molar-refractivity contribution is 0.395. The first-order valence-electron chi connectivity index (χ1n) is 7.11. The van der Waals surface area contributed by atoms with E-state index in [-0.39, 0.29) is 0 Å². The molecule has 3 rings (SSSR count). The van der Waals surface area contributed by atoms with Crippen molar-refractivity contribution < 1.29 is 0 Å². The first-order chi connectivity index (χ1) is 8.27. The molecule has 1 unspecified atom stereocenters. The van der Waals surface area contributed by atoms with E-state index in [1.54, 1.807) is 5.56 Å². The summed E-state index contributed by atoms with van der Waals surface area (Å²) in [5.74, 6) is 0. The summed E-state index contributed by atoms with van der Waals surface area (Å²) in [6, 6.07) is 1.02. The predicted molar refractivity (Wildman–Crippen MR) is 69.2 cm³/mol. The Bertz CT molecular complexity index is 400. The molecule has 1 aromatic rings. The molecule has 2 heterocycles. The number of rotatable bonds is 2. The predicted octanol–water partition coefficient (Wildman–Crippen LogP) is 2.77. The van der Waals surface area contributed by atoms with Gasteiger partial charge in [0.1, 0.15) is 0 Å². The standard InChI is InChI=1S/C14H23N3/c1-10(2)17-13-8-5-6-11(13)14(16-17)12-7-3-4-9-15-12/h10,12,15H,3-9H2,1-2H3. The number of nitrogens with zero attached hydrogens (tertiary/aromatic N) is 2. The van der Waals surface area contributed by atoms with Gasteiger partial charge in [-0.1, -0.05) is 6.42 Å². The molecule has 17 heavy (non-hydrogen) atoms. The molecule has 1 N–H and O–H groups in total. The van der Waals surface area contributed by atoms with Crippen molar-refractivity contribution in [2.75, 3.05) is 6.54 Å². The third-order valence-electron chi connectivity index (χ3n) is 4.12. The van der Waals surface area contributed by atoms with Crippen molar-refractivity contribution in [3.05, 3.63) is 17.0 Å². The van der Waals surface area contributed by atoms with Crippen LogP contribution in [0.4, 0.5) is 0 Å². The maximum absolute atomic E-state index is 4.91. The van der Waals surface area contributed by atoms with Gasteiger partial charge in [0.15, 0.2) is 0 Å². The van der Waals surface area contributed by atoms with Crippen molar-refractivity contribution in [2.45, 2.75) is 64.5 Å². The van der Waals surface area contributed by atoms with Crippen LogP contribution in [0.3, 0.4) is 0 Å². The monoisotopic (exact) mass is 233 g/mol. The van der Waals surface area contributed by atoms with Gasteiger partial charge in [-0.15, -0.1) is 0 Å². The fourth-order valence-electron chi connectivity index (χ4n) is 3.29. The topological polar surface area (TPSA) is 29.9 Å². The summed E-state index contributed by atoms with van der Waals surface area (Å²) in [6.07, 6.45) is 7.73. The third-order valence-corrected chi connectivity index (χ3v) is 4.12. The molecule has 0 bridgehead atoms. The summed E-state index contributed by atoms with van der Waals surface area (Å²) in [6.45, 7) is 5.64. The van der Waals surface area contributed by atoms with Crippen LogP contribution in [-0.4, -0.2) is 16.3 Å². The Morgan fingerprint density at radius 2 is 2.12 bits per heavy atom. The van der Waals surface area contributed by atoms with Gasteiger partial charge in [-0.3, -0.25) is 4.68 Å². The first kappa shape index (κ1) is 11.3. The Hall–Kier alpha value is -0.830. The largest absolute Gasteiger partial charge is 0.309 e. The van der Waals surface area contributed by atoms with Crippen LogP contribution in [0.2, 0.25) is 0 Å². The lowest BCUT2D eigenvalue weighted by atomic mass is 9.99. The van der Waals surface area contributed by atoms with E-state index in [0.717, 1.165) is 6.54 Å². The number of hydrogen-bond donors (Lipinski definition) is 1. The van der Waals surface area contributed by atoms with Gasteiger partial charge < -0.3 is 5.32 Å². The molecular weight excluding hydrogens is 210 g/mol. The molecule has 1 fully saturated rings. The lowest BCUT2D eigenvalue weighted by Crippen LogP contribution is -2.28. The van der Waals surface area contributed by atoms with Crippen molar-refractivity contribution in [1.82, 2.24) is 15.1 Å². The maximum atomic E-state index is 4.91. The van der Waals surface area contributed by atoms with Gasteiger partial charge in [-0.2, -0.15) is 5.10 Å². The fourth-order valence-corrected chi connectivity index (χ4v) is 3.29. The molecule has 0 saturated carbocycles. The molecule has 1 aliphatic carbocycles. The van der Waals surface area contributed by atoms with Gasteiger partial charge in [0.25, 0.3) is 0 Å². The highest BCUT2D eigenvalue weighted by Crippen LogP contribution is 2.33. The Kier molecular flexibility index (Phi) is 2.95. The van der Waals surface area contributed by atoms with Crippen LogP contribution >= 0.6 is 0 Å². The minimum absolute atomic E-state index is 0.499. The van der Waals surface area contributed by atoms with E-state index >= 15 is 0 Å².